The Morgan fingerprint density at radius 1 is 1.22 bits per heavy atom. The largest absolute Gasteiger partial charge is 0.390 e. The summed E-state index contributed by atoms with van der Waals surface area (Å²) in [5.74, 6) is 0.740. The second-order valence-electron chi connectivity index (χ2n) is 5.45. The van der Waals surface area contributed by atoms with Crippen molar-refractivity contribution in [2.75, 3.05) is 0 Å². The van der Waals surface area contributed by atoms with Gasteiger partial charge in [0, 0.05) is 6.42 Å². The maximum absolute atomic E-state index is 12.0. The summed E-state index contributed by atoms with van der Waals surface area (Å²) in [6.07, 6.45) is 7.54. The highest BCUT2D eigenvalue weighted by Crippen LogP contribution is 2.38. The molecule has 18 heavy (non-hydrogen) atoms. The van der Waals surface area contributed by atoms with Crippen molar-refractivity contribution in [3.8, 4) is 0 Å². The number of Topliss-reactive ketones (excluding diaryl/α,β-unsaturated/α-hetero) is 1. The van der Waals surface area contributed by atoms with E-state index in [-0.39, 0.29) is 12.4 Å². The van der Waals surface area contributed by atoms with E-state index in [0.29, 0.717) is 23.7 Å². The number of hydrogen-bond acceptors (Lipinski definition) is 3. The molecule has 1 saturated carbocycles. The third-order valence-electron chi connectivity index (χ3n) is 4.26. The number of hydrogen-bond donors (Lipinski definition) is 1. The summed E-state index contributed by atoms with van der Waals surface area (Å²) in [7, 11) is 0. The number of aromatic nitrogens is 1. The zero-order valence-electron chi connectivity index (χ0n) is 10.6. The normalized spacial score (nSPS) is 20.2. The highest BCUT2D eigenvalue weighted by molar-refractivity contribution is 5.97. The topological polar surface area (TPSA) is 50.2 Å². The molecule has 0 radical (unpaired) electrons. The van der Waals surface area contributed by atoms with Crippen LogP contribution in [0.3, 0.4) is 0 Å². The van der Waals surface area contributed by atoms with Crippen LogP contribution in [0.1, 0.15) is 71.8 Å². The summed E-state index contributed by atoms with van der Waals surface area (Å²) < 4.78 is 0. The summed E-state index contributed by atoms with van der Waals surface area (Å²) in [4.78, 5) is 16.3. The molecule has 1 aromatic rings. The molecule has 0 aromatic carbocycles. The Kier molecular flexibility index (Phi) is 3.16. The third kappa shape index (κ3) is 1.97. The van der Waals surface area contributed by atoms with Gasteiger partial charge in [0.2, 0.25) is 0 Å². The fourth-order valence-electron chi connectivity index (χ4n) is 3.37. The first-order chi connectivity index (χ1) is 8.79. The molecule has 96 valence electrons. The van der Waals surface area contributed by atoms with E-state index in [1.54, 1.807) is 0 Å². The molecule has 2 aliphatic carbocycles. The average Bonchev–Trinajstić information content (AvgIpc) is 2.92. The second kappa shape index (κ2) is 4.81. The Morgan fingerprint density at radius 2 is 2.00 bits per heavy atom. The van der Waals surface area contributed by atoms with Gasteiger partial charge in [-0.25, -0.2) is 4.98 Å². The molecule has 0 amide bonds. The van der Waals surface area contributed by atoms with Gasteiger partial charge >= 0.3 is 0 Å². The molecule has 0 spiro atoms. The molecule has 1 N–H and O–H groups in total. The van der Waals surface area contributed by atoms with Crippen LogP contribution in [-0.4, -0.2) is 15.9 Å². The fourth-order valence-corrected chi connectivity index (χ4v) is 3.37. The number of nitrogens with zero attached hydrogens (tertiary/aromatic N) is 1. The number of aliphatic hydroxyl groups excluding tert-OH is 1. The van der Waals surface area contributed by atoms with Crippen LogP contribution in [0.4, 0.5) is 0 Å². The van der Waals surface area contributed by atoms with Gasteiger partial charge in [-0.1, -0.05) is 12.8 Å². The number of carbonyl (C=O) groups excluding carboxylic acids is 1. The molecule has 3 heteroatoms. The van der Waals surface area contributed by atoms with E-state index in [2.05, 4.69) is 4.98 Å². The van der Waals surface area contributed by atoms with Crippen molar-refractivity contribution in [3.63, 3.8) is 0 Å². The minimum Gasteiger partial charge on any atom is -0.390 e. The number of carbonyl (C=O) groups is 1. The summed E-state index contributed by atoms with van der Waals surface area (Å²) in [5, 5.41) is 9.32. The van der Waals surface area contributed by atoms with Gasteiger partial charge in [-0.3, -0.25) is 4.79 Å². The molecule has 0 bridgehead atoms. The lowest BCUT2D eigenvalue weighted by Crippen LogP contribution is -2.18. The lowest BCUT2D eigenvalue weighted by Gasteiger charge is -2.22. The van der Waals surface area contributed by atoms with E-state index >= 15 is 0 Å². The van der Waals surface area contributed by atoms with E-state index in [1.807, 2.05) is 6.07 Å². The molecule has 3 rings (SSSR count). The van der Waals surface area contributed by atoms with Crippen molar-refractivity contribution in [1.82, 2.24) is 4.98 Å². The summed E-state index contributed by atoms with van der Waals surface area (Å²) >= 11 is 0. The van der Waals surface area contributed by atoms with Gasteiger partial charge in [-0.2, -0.15) is 0 Å². The minimum atomic E-state index is -0.0692. The molecule has 1 fully saturated rings. The SMILES string of the molecule is O=C1CCCc2c(C3CCCC3)cc(CO)nc21. The minimum absolute atomic E-state index is 0.0692. The van der Waals surface area contributed by atoms with Crippen LogP contribution in [0, 0.1) is 0 Å². The zero-order chi connectivity index (χ0) is 12.5. The molecular formula is C15H19NO2. The van der Waals surface area contributed by atoms with Crippen LogP contribution in [0.5, 0.6) is 0 Å². The van der Waals surface area contributed by atoms with Crippen LogP contribution < -0.4 is 0 Å². The summed E-state index contributed by atoms with van der Waals surface area (Å²) in [6.45, 7) is -0.0692. The molecule has 1 aromatic heterocycles. The van der Waals surface area contributed by atoms with Crippen molar-refractivity contribution in [3.05, 3.63) is 28.6 Å². The van der Waals surface area contributed by atoms with Gasteiger partial charge in [0.1, 0.15) is 5.69 Å². The van der Waals surface area contributed by atoms with E-state index < -0.39 is 0 Å². The highest BCUT2D eigenvalue weighted by atomic mass is 16.3. The van der Waals surface area contributed by atoms with E-state index in [4.69, 9.17) is 0 Å². The van der Waals surface area contributed by atoms with Gasteiger partial charge in [-0.05, 0) is 48.8 Å². The molecular weight excluding hydrogens is 226 g/mol. The van der Waals surface area contributed by atoms with Crippen molar-refractivity contribution in [1.29, 1.82) is 0 Å². The molecule has 0 saturated heterocycles. The van der Waals surface area contributed by atoms with Crippen LogP contribution in [0.25, 0.3) is 0 Å². The quantitative estimate of drug-likeness (QED) is 0.871. The van der Waals surface area contributed by atoms with Crippen LogP contribution >= 0.6 is 0 Å². The first-order valence-electron chi connectivity index (χ1n) is 6.96. The standard InChI is InChI=1S/C15H19NO2/c17-9-11-8-13(10-4-1-2-5-10)12-6-3-7-14(18)15(12)16-11/h8,10,17H,1-7,9H2. The molecule has 1 heterocycles. The third-order valence-corrected chi connectivity index (χ3v) is 4.26. The van der Waals surface area contributed by atoms with Crippen LogP contribution in [0.15, 0.2) is 6.07 Å². The van der Waals surface area contributed by atoms with Gasteiger partial charge in [0.05, 0.1) is 12.3 Å². The Labute approximate surface area is 107 Å². The molecule has 0 aliphatic heterocycles. The molecule has 3 nitrogen and oxygen atoms in total. The average molecular weight is 245 g/mol. The highest BCUT2D eigenvalue weighted by Gasteiger charge is 2.27. The predicted molar refractivity (Wildman–Crippen MR) is 68.6 cm³/mol. The van der Waals surface area contributed by atoms with Gasteiger partial charge < -0.3 is 5.11 Å². The maximum Gasteiger partial charge on any atom is 0.181 e. The summed E-state index contributed by atoms with van der Waals surface area (Å²) in [6, 6.07) is 2.04. The number of rotatable bonds is 2. The van der Waals surface area contributed by atoms with E-state index in [9.17, 15) is 9.90 Å². The van der Waals surface area contributed by atoms with Gasteiger partial charge in [-0.15, -0.1) is 0 Å². The Balaban J connectivity index is 2.10. The first-order valence-corrected chi connectivity index (χ1v) is 6.96. The lowest BCUT2D eigenvalue weighted by molar-refractivity contribution is 0.0966. The van der Waals surface area contributed by atoms with Crippen molar-refractivity contribution < 1.29 is 9.90 Å². The van der Waals surface area contributed by atoms with Crippen LogP contribution in [-0.2, 0) is 13.0 Å². The first kappa shape index (κ1) is 11.8. The predicted octanol–water partition coefficient (Wildman–Crippen LogP) is 2.75. The number of fused-ring (bicyclic) bond motifs is 1. The Bertz CT molecular complexity index is 476. The molecule has 2 aliphatic rings. The van der Waals surface area contributed by atoms with Crippen LogP contribution in [0.2, 0.25) is 0 Å². The maximum atomic E-state index is 12.0. The number of pyridine rings is 1. The zero-order valence-corrected chi connectivity index (χ0v) is 10.6. The summed E-state index contributed by atoms with van der Waals surface area (Å²) in [5.41, 5.74) is 3.78. The van der Waals surface area contributed by atoms with Crippen molar-refractivity contribution in [2.24, 2.45) is 0 Å². The van der Waals surface area contributed by atoms with Crippen molar-refractivity contribution >= 4 is 5.78 Å². The lowest BCUT2D eigenvalue weighted by atomic mass is 9.85. The van der Waals surface area contributed by atoms with Gasteiger partial charge in [0.25, 0.3) is 0 Å². The second-order valence-corrected chi connectivity index (χ2v) is 5.45. The molecule has 0 unspecified atom stereocenters. The van der Waals surface area contributed by atoms with Crippen molar-refractivity contribution in [2.45, 2.75) is 57.5 Å². The number of ketones is 1. The Hall–Kier alpha value is -1.22. The van der Waals surface area contributed by atoms with E-state index in [1.165, 1.54) is 36.8 Å². The molecule has 0 atom stereocenters. The smallest absolute Gasteiger partial charge is 0.181 e. The monoisotopic (exact) mass is 245 g/mol. The number of aliphatic hydroxyl groups is 1. The fraction of sp³-hybridized carbons (Fsp3) is 0.600. The Morgan fingerprint density at radius 3 is 2.72 bits per heavy atom. The van der Waals surface area contributed by atoms with E-state index in [0.717, 1.165) is 12.8 Å². The van der Waals surface area contributed by atoms with Gasteiger partial charge in [0.15, 0.2) is 5.78 Å².